The molecule has 1 heterocycles. The number of benzene rings is 2. The molecule has 0 unspecified atom stereocenters. The maximum atomic E-state index is 13.1. The molecule has 26 heavy (non-hydrogen) atoms. The van der Waals surface area contributed by atoms with Crippen molar-refractivity contribution in [1.29, 1.82) is 0 Å². The van der Waals surface area contributed by atoms with Gasteiger partial charge in [-0.15, -0.1) is 0 Å². The number of carbonyl (C=O) groups excluding carboxylic acids is 2. The largest absolute Gasteiger partial charge is 0.497 e. The average Bonchev–Trinajstić information content (AvgIpc) is 2.67. The van der Waals surface area contributed by atoms with Gasteiger partial charge in [0.2, 0.25) is 0 Å². The van der Waals surface area contributed by atoms with Crippen molar-refractivity contribution in [2.75, 3.05) is 14.2 Å². The first-order chi connectivity index (χ1) is 12.5. The highest BCUT2D eigenvalue weighted by Gasteiger charge is 2.33. The van der Waals surface area contributed by atoms with Crippen LogP contribution >= 0.6 is 0 Å². The minimum atomic E-state index is -0.627. The first kappa shape index (κ1) is 17.5. The molecule has 0 saturated heterocycles. The maximum absolute atomic E-state index is 13.1. The third kappa shape index (κ3) is 3.26. The fraction of sp³-hybridized carbons (Fsp3) is 0.200. The Morgan fingerprint density at radius 2 is 1.77 bits per heavy atom. The van der Waals surface area contributed by atoms with Gasteiger partial charge in [-0.1, -0.05) is 30.3 Å². The Bertz CT molecular complexity index is 875. The van der Waals surface area contributed by atoms with E-state index in [-0.39, 0.29) is 11.8 Å². The molecule has 0 aliphatic carbocycles. The lowest BCUT2D eigenvalue weighted by molar-refractivity contribution is 0.102. The molecule has 1 aliphatic rings. The lowest BCUT2D eigenvalue weighted by Gasteiger charge is -2.29. The van der Waals surface area contributed by atoms with E-state index >= 15 is 0 Å². The van der Waals surface area contributed by atoms with Gasteiger partial charge in [-0.05, 0) is 19.1 Å². The number of rotatable bonds is 5. The molecule has 0 aromatic heterocycles. The summed E-state index contributed by atoms with van der Waals surface area (Å²) in [5.74, 6) is 1.00. The van der Waals surface area contributed by atoms with Crippen molar-refractivity contribution in [3.05, 3.63) is 70.9 Å². The van der Waals surface area contributed by atoms with Crippen LogP contribution in [-0.4, -0.2) is 26.0 Å². The summed E-state index contributed by atoms with van der Waals surface area (Å²) < 4.78 is 10.7. The van der Waals surface area contributed by atoms with Crippen molar-refractivity contribution in [2.45, 2.75) is 13.0 Å². The standard InChI is InChI=1S/C20H20N2O4/c1-12-17(19(23)13-7-5-4-6-8-13)18(22-20(24)21-12)15-10-9-14(25-2)11-16(15)26-3/h4-11,18H,1-3H3,(H2,21,22,24)/t18-/m1/s1. The number of hydrogen-bond acceptors (Lipinski definition) is 4. The molecular weight excluding hydrogens is 332 g/mol. The van der Waals surface area contributed by atoms with E-state index in [9.17, 15) is 9.59 Å². The van der Waals surface area contributed by atoms with Crippen molar-refractivity contribution in [1.82, 2.24) is 10.6 Å². The van der Waals surface area contributed by atoms with Gasteiger partial charge in [0.25, 0.3) is 0 Å². The van der Waals surface area contributed by atoms with Gasteiger partial charge < -0.3 is 20.1 Å². The number of hydrogen-bond donors (Lipinski definition) is 2. The molecule has 0 saturated carbocycles. The topological polar surface area (TPSA) is 76.7 Å². The summed E-state index contributed by atoms with van der Waals surface area (Å²) in [4.78, 5) is 25.2. The third-order valence-corrected chi connectivity index (χ3v) is 4.30. The Hall–Kier alpha value is -3.28. The normalized spacial score (nSPS) is 16.6. The van der Waals surface area contributed by atoms with Crippen LogP contribution in [0.2, 0.25) is 0 Å². The quantitative estimate of drug-likeness (QED) is 0.810. The molecule has 2 aromatic rings. The molecule has 0 bridgehead atoms. The Kier molecular flexibility index (Phi) is 4.93. The van der Waals surface area contributed by atoms with Crippen LogP contribution in [0.25, 0.3) is 0 Å². The summed E-state index contributed by atoms with van der Waals surface area (Å²) in [5.41, 5.74) is 2.23. The highest BCUT2D eigenvalue weighted by molar-refractivity contribution is 6.11. The Morgan fingerprint density at radius 3 is 2.42 bits per heavy atom. The fourth-order valence-corrected chi connectivity index (χ4v) is 3.03. The summed E-state index contributed by atoms with van der Waals surface area (Å²) in [6.07, 6.45) is 0. The van der Waals surface area contributed by atoms with Gasteiger partial charge in [-0.2, -0.15) is 0 Å². The molecule has 0 spiro atoms. The zero-order chi connectivity index (χ0) is 18.7. The van der Waals surface area contributed by atoms with Gasteiger partial charge >= 0.3 is 6.03 Å². The summed E-state index contributed by atoms with van der Waals surface area (Å²) >= 11 is 0. The van der Waals surface area contributed by atoms with Gasteiger partial charge in [-0.25, -0.2) is 4.79 Å². The van der Waals surface area contributed by atoms with Crippen LogP contribution in [0, 0.1) is 0 Å². The van der Waals surface area contributed by atoms with E-state index in [0.29, 0.717) is 33.9 Å². The summed E-state index contributed by atoms with van der Waals surface area (Å²) in [6.45, 7) is 1.72. The number of carbonyl (C=O) groups is 2. The zero-order valence-electron chi connectivity index (χ0n) is 14.8. The van der Waals surface area contributed by atoms with E-state index in [4.69, 9.17) is 9.47 Å². The van der Waals surface area contributed by atoms with Crippen LogP contribution in [0.15, 0.2) is 59.8 Å². The molecule has 1 aliphatic heterocycles. The first-order valence-corrected chi connectivity index (χ1v) is 8.15. The Morgan fingerprint density at radius 1 is 1.04 bits per heavy atom. The third-order valence-electron chi connectivity index (χ3n) is 4.30. The van der Waals surface area contributed by atoms with E-state index in [2.05, 4.69) is 10.6 Å². The average molecular weight is 352 g/mol. The first-order valence-electron chi connectivity index (χ1n) is 8.15. The van der Waals surface area contributed by atoms with Gasteiger partial charge in [0.15, 0.2) is 5.78 Å². The minimum absolute atomic E-state index is 0.154. The van der Waals surface area contributed by atoms with Crippen LogP contribution in [0.3, 0.4) is 0 Å². The molecule has 134 valence electrons. The van der Waals surface area contributed by atoms with Gasteiger partial charge in [0, 0.05) is 28.5 Å². The van der Waals surface area contributed by atoms with Crippen LogP contribution in [-0.2, 0) is 0 Å². The number of methoxy groups -OCH3 is 2. The number of ketones is 1. The molecule has 1 atom stereocenters. The Labute approximate surface area is 151 Å². The smallest absolute Gasteiger partial charge is 0.319 e. The predicted molar refractivity (Wildman–Crippen MR) is 97.4 cm³/mol. The number of urea groups is 1. The van der Waals surface area contributed by atoms with Crippen molar-refractivity contribution in [3.63, 3.8) is 0 Å². The predicted octanol–water partition coefficient (Wildman–Crippen LogP) is 3.21. The fourth-order valence-electron chi connectivity index (χ4n) is 3.03. The van der Waals surface area contributed by atoms with E-state index in [1.807, 2.05) is 6.07 Å². The molecule has 2 aromatic carbocycles. The van der Waals surface area contributed by atoms with Gasteiger partial charge in [0.05, 0.1) is 20.3 Å². The van der Waals surface area contributed by atoms with Crippen molar-refractivity contribution < 1.29 is 19.1 Å². The maximum Gasteiger partial charge on any atom is 0.319 e. The van der Waals surface area contributed by atoms with Crippen LogP contribution < -0.4 is 20.1 Å². The molecule has 3 rings (SSSR count). The second kappa shape index (κ2) is 7.31. The molecule has 6 heteroatoms. The molecule has 2 N–H and O–H groups in total. The monoisotopic (exact) mass is 352 g/mol. The van der Waals surface area contributed by atoms with Crippen molar-refractivity contribution >= 4 is 11.8 Å². The summed E-state index contributed by atoms with van der Waals surface area (Å²) in [7, 11) is 3.10. The van der Waals surface area contributed by atoms with Crippen LogP contribution in [0.4, 0.5) is 4.79 Å². The zero-order valence-corrected chi connectivity index (χ0v) is 14.8. The SMILES string of the molecule is COc1ccc([C@H]2NC(=O)NC(C)=C2C(=O)c2ccccc2)c(OC)c1. The van der Waals surface area contributed by atoms with Crippen molar-refractivity contribution in [2.24, 2.45) is 0 Å². The molecule has 6 nitrogen and oxygen atoms in total. The number of allylic oxidation sites excluding steroid dienone is 1. The van der Waals surface area contributed by atoms with E-state index in [1.54, 1.807) is 56.5 Å². The Balaban J connectivity index is 2.11. The number of nitrogens with one attached hydrogen (secondary N) is 2. The number of amides is 2. The van der Waals surface area contributed by atoms with E-state index in [1.165, 1.54) is 7.11 Å². The van der Waals surface area contributed by atoms with Crippen molar-refractivity contribution in [3.8, 4) is 11.5 Å². The summed E-state index contributed by atoms with van der Waals surface area (Å²) in [6, 6.07) is 13.3. The number of ether oxygens (including phenoxy) is 2. The van der Waals surface area contributed by atoms with Crippen LogP contribution in [0.5, 0.6) is 11.5 Å². The van der Waals surface area contributed by atoms with E-state index in [0.717, 1.165) is 0 Å². The molecule has 0 fully saturated rings. The summed E-state index contributed by atoms with van der Waals surface area (Å²) in [5, 5.41) is 5.51. The molecular formula is C20H20N2O4. The van der Waals surface area contributed by atoms with Crippen LogP contribution in [0.1, 0.15) is 28.9 Å². The minimum Gasteiger partial charge on any atom is -0.497 e. The molecule has 2 amide bonds. The highest BCUT2D eigenvalue weighted by Crippen LogP contribution is 2.36. The second-order valence-electron chi connectivity index (χ2n) is 5.87. The number of Topliss-reactive ketones (excluding diaryl/α,β-unsaturated/α-hetero) is 1. The lowest BCUT2D eigenvalue weighted by Crippen LogP contribution is -2.45. The van der Waals surface area contributed by atoms with Gasteiger partial charge in [0.1, 0.15) is 11.5 Å². The van der Waals surface area contributed by atoms with Gasteiger partial charge in [-0.3, -0.25) is 4.79 Å². The molecule has 0 radical (unpaired) electrons. The highest BCUT2D eigenvalue weighted by atomic mass is 16.5. The lowest BCUT2D eigenvalue weighted by atomic mass is 9.89. The second-order valence-corrected chi connectivity index (χ2v) is 5.87. The van der Waals surface area contributed by atoms with E-state index < -0.39 is 6.04 Å².